The number of hydrogen-bond donors (Lipinski definition) is 1. The highest BCUT2D eigenvalue weighted by Gasteiger charge is 2.09. The van der Waals surface area contributed by atoms with Crippen LogP contribution in [0.3, 0.4) is 0 Å². The first-order valence-corrected chi connectivity index (χ1v) is 7.18. The lowest BCUT2D eigenvalue weighted by molar-refractivity contribution is -0.131. The molecule has 0 aliphatic rings. The van der Waals surface area contributed by atoms with Crippen LogP contribution < -0.4 is 10.1 Å². The van der Waals surface area contributed by atoms with Gasteiger partial charge in [0.25, 0.3) is 0 Å². The average molecular weight is 335 g/mol. The van der Waals surface area contributed by atoms with E-state index >= 15 is 0 Å². The van der Waals surface area contributed by atoms with Crippen molar-refractivity contribution in [3.63, 3.8) is 0 Å². The minimum atomic E-state index is -0.346. The summed E-state index contributed by atoms with van der Waals surface area (Å²) in [5, 5.41) is 10.2. The predicted molar refractivity (Wildman–Crippen MR) is 82.5 cm³/mol. The van der Waals surface area contributed by atoms with Crippen molar-refractivity contribution >= 4 is 11.8 Å². The van der Waals surface area contributed by atoms with E-state index < -0.39 is 0 Å². The van der Waals surface area contributed by atoms with Crippen LogP contribution >= 0.6 is 0 Å². The molecule has 24 heavy (non-hydrogen) atoms. The van der Waals surface area contributed by atoms with Crippen molar-refractivity contribution in [1.29, 1.82) is 0 Å². The van der Waals surface area contributed by atoms with E-state index in [9.17, 15) is 14.0 Å². The van der Waals surface area contributed by atoms with Gasteiger partial charge in [-0.15, -0.1) is 5.10 Å². The van der Waals surface area contributed by atoms with E-state index in [2.05, 4.69) is 15.6 Å². The van der Waals surface area contributed by atoms with Gasteiger partial charge in [-0.25, -0.2) is 9.07 Å². The summed E-state index contributed by atoms with van der Waals surface area (Å²) >= 11 is 0. The summed E-state index contributed by atoms with van der Waals surface area (Å²) in [6.07, 6.45) is 1.57. The number of rotatable bonds is 7. The summed E-state index contributed by atoms with van der Waals surface area (Å²) in [5.41, 5.74) is 0.525. The molecule has 2 rings (SSSR count). The van der Waals surface area contributed by atoms with Gasteiger partial charge in [0.05, 0.1) is 12.7 Å². The Kier molecular flexibility index (Phi) is 5.83. The summed E-state index contributed by atoms with van der Waals surface area (Å²) in [6.45, 7) is 0.0255. The molecule has 0 aliphatic carbocycles. The molecule has 2 aromatic rings. The maximum absolute atomic E-state index is 12.8. The lowest BCUT2D eigenvalue weighted by Gasteiger charge is -2.10. The van der Waals surface area contributed by atoms with Crippen LogP contribution in [-0.2, 0) is 22.7 Å². The monoisotopic (exact) mass is 335 g/mol. The van der Waals surface area contributed by atoms with Crippen LogP contribution in [0.1, 0.15) is 5.69 Å². The molecule has 8 nitrogen and oxygen atoms in total. The second kappa shape index (κ2) is 8.04. The van der Waals surface area contributed by atoms with E-state index in [1.165, 1.54) is 33.8 Å². The predicted octanol–water partition coefficient (Wildman–Crippen LogP) is 0.201. The van der Waals surface area contributed by atoms with Crippen LogP contribution in [0.2, 0.25) is 0 Å². The second-order valence-corrected chi connectivity index (χ2v) is 5.21. The van der Waals surface area contributed by atoms with E-state index in [0.717, 1.165) is 0 Å². The third-order valence-electron chi connectivity index (χ3n) is 3.03. The molecular weight excluding hydrogens is 317 g/mol. The van der Waals surface area contributed by atoms with Gasteiger partial charge in [0.1, 0.15) is 30.4 Å². The number of aromatic nitrogens is 3. The van der Waals surface area contributed by atoms with Crippen LogP contribution in [0.5, 0.6) is 5.75 Å². The van der Waals surface area contributed by atoms with E-state index in [4.69, 9.17) is 4.74 Å². The molecule has 0 spiro atoms. The number of nitrogens with zero attached hydrogens (tertiary/aromatic N) is 4. The van der Waals surface area contributed by atoms with Crippen molar-refractivity contribution in [1.82, 2.24) is 25.2 Å². The number of nitrogens with one attached hydrogen (secondary N) is 1. The van der Waals surface area contributed by atoms with Gasteiger partial charge in [-0.05, 0) is 24.3 Å². The van der Waals surface area contributed by atoms with Crippen molar-refractivity contribution in [2.75, 3.05) is 20.6 Å². The molecule has 0 bridgehead atoms. The Labute approximate surface area is 138 Å². The smallest absolute Gasteiger partial charge is 0.242 e. The molecule has 1 aromatic carbocycles. The van der Waals surface area contributed by atoms with E-state index in [-0.39, 0.29) is 37.3 Å². The normalized spacial score (nSPS) is 10.3. The number of carbonyl (C=O) groups excluding carboxylic acids is 2. The second-order valence-electron chi connectivity index (χ2n) is 5.21. The van der Waals surface area contributed by atoms with Crippen LogP contribution in [-0.4, -0.2) is 52.3 Å². The van der Waals surface area contributed by atoms with Gasteiger partial charge in [-0.1, -0.05) is 5.21 Å². The zero-order chi connectivity index (χ0) is 17.5. The Balaban J connectivity index is 1.79. The third kappa shape index (κ3) is 5.34. The van der Waals surface area contributed by atoms with Gasteiger partial charge in [-0.2, -0.15) is 0 Å². The van der Waals surface area contributed by atoms with Crippen molar-refractivity contribution in [2.45, 2.75) is 13.2 Å². The minimum Gasteiger partial charge on any atom is -0.487 e. The zero-order valence-electron chi connectivity index (χ0n) is 13.4. The summed E-state index contributed by atoms with van der Waals surface area (Å²) in [5.74, 6) is -0.380. The molecule has 128 valence electrons. The van der Waals surface area contributed by atoms with Gasteiger partial charge in [0.15, 0.2) is 0 Å². The van der Waals surface area contributed by atoms with E-state index in [0.29, 0.717) is 11.4 Å². The number of carbonyl (C=O) groups is 2. The first-order valence-electron chi connectivity index (χ1n) is 7.18. The highest BCUT2D eigenvalue weighted by molar-refractivity contribution is 5.84. The Morgan fingerprint density at radius 2 is 2.00 bits per heavy atom. The maximum Gasteiger partial charge on any atom is 0.242 e. The summed E-state index contributed by atoms with van der Waals surface area (Å²) in [7, 11) is 3.22. The summed E-state index contributed by atoms with van der Waals surface area (Å²) < 4.78 is 19.6. The number of likely N-dealkylation sites (N-methyl/N-ethyl adjacent to an activating group) is 1. The molecule has 0 saturated carbocycles. The average Bonchev–Trinajstić information content (AvgIpc) is 2.99. The molecule has 1 aromatic heterocycles. The number of benzene rings is 1. The first kappa shape index (κ1) is 17.4. The van der Waals surface area contributed by atoms with Gasteiger partial charge in [0, 0.05) is 14.1 Å². The number of ether oxygens (including phenoxy) is 1. The topological polar surface area (TPSA) is 89.4 Å². The molecule has 9 heteroatoms. The van der Waals surface area contributed by atoms with Crippen molar-refractivity contribution in [3.8, 4) is 5.75 Å². The molecule has 1 N–H and O–H groups in total. The Morgan fingerprint density at radius 3 is 2.67 bits per heavy atom. The van der Waals surface area contributed by atoms with Crippen molar-refractivity contribution in [3.05, 3.63) is 42.0 Å². The summed E-state index contributed by atoms with van der Waals surface area (Å²) in [6, 6.07) is 5.61. The Bertz CT molecular complexity index is 699. The molecule has 0 unspecified atom stereocenters. The number of hydrogen-bond acceptors (Lipinski definition) is 5. The maximum atomic E-state index is 12.8. The molecule has 0 radical (unpaired) electrons. The van der Waals surface area contributed by atoms with Crippen LogP contribution in [0.15, 0.2) is 30.5 Å². The standard InChI is InChI=1S/C15H18FN5O3/c1-20(2)15(23)7-17-14(22)9-21-8-12(18-19-21)10-24-13-5-3-11(16)4-6-13/h3-6,8H,7,9-10H2,1-2H3,(H,17,22). The SMILES string of the molecule is CN(C)C(=O)CNC(=O)Cn1cc(COc2ccc(F)cc2)nn1. The fourth-order valence-electron chi connectivity index (χ4n) is 1.71. The lowest BCUT2D eigenvalue weighted by Crippen LogP contribution is -2.37. The quantitative estimate of drug-likeness (QED) is 0.781. The molecule has 0 aliphatic heterocycles. The first-order chi connectivity index (χ1) is 11.4. The van der Waals surface area contributed by atoms with Crippen LogP contribution in [0.25, 0.3) is 0 Å². The molecule has 0 saturated heterocycles. The molecule has 0 atom stereocenters. The summed E-state index contributed by atoms with van der Waals surface area (Å²) in [4.78, 5) is 24.5. The highest BCUT2D eigenvalue weighted by atomic mass is 19.1. The lowest BCUT2D eigenvalue weighted by atomic mass is 10.3. The van der Waals surface area contributed by atoms with Gasteiger partial charge in [0.2, 0.25) is 11.8 Å². The minimum absolute atomic E-state index is 0.0513. The van der Waals surface area contributed by atoms with E-state index in [1.54, 1.807) is 20.3 Å². The van der Waals surface area contributed by atoms with Crippen molar-refractivity contribution < 1.29 is 18.7 Å². The molecule has 2 amide bonds. The fourth-order valence-corrected chi connectivity index (χ4v) is 1.71. The fraction of sp³-hybridized carbons (Fsp3) is 0.333. The Hall–Kier alpha value is -2.97. The van der Waals surface area contributed by atoms with Crippen molar-refractivity contribution in [2.24, 2.45) is 0 Å². The van der Waals surface area contributed by atoms with E-state index in [1.807, 2.05) is 0 Å². The molecular formula is C15H18FN5O3. The largest absolute Gasteiger partial charge is 0.487 e. The van der Waals surface area contributed by atoms with Gasteiger partial charge in [-0.3, -0.25) is 9.59 Å². The van der Waals surface area contributed by atoms with Gasteiger partial charge >= 0.3 is 0 Å². The van der Waals surface area contributed by atoms with Crippen LogP contribution in [0.4, 0.5) is 4.39 Å². The zero-order valence-corrected chi connectivity index (χ0v) is 13.4. The molecule has 0 fully saturated rings. The third-order valence-corrected chi connectivity index (χ3v) is 3.03. The number of amides is 2. The Morgan fingerprint density at radius 1 is 1.29 bits per heavy atom. The number of halogens is 1. The highest BCUT2D eigenvalue weighted by Crippen LogP contribution is 2.12. The van der Waals surface area contributed by atoms with Gasteiger partial charge < -0.3 is 15.0 Å². The van der Waals surface area contributed by atoms with Crippen LogP contribution in [0, 0.1) is 5.82 Å². The molecule has 1 heterocycles.